The minimum absolute atomic E-state index is 0.244. The number of nitrogens with zero attached hydrogens (tertiary/aromatic N) is 1. The fraction of sp³-hybridized carbons (Fsp3) is 0.444. The molecule has 0 spiro atoms. The summed E-state index contributed by atoms with van der Waals surface area (Å²) in [6, 6.07) is 1.20. The molecule has 0 radical (unpaired) electrons. The maximum atomic E-state index is 12.1. The van der Waals surface area contributed by atoms with Crippen molar-refractivity contribution < 1.29 is 23.0 Å². The third kappa shape index (κ3) is 2.59. The Morgan fingerprint density at radius 3 is 2.47 bits per heavy atom. The standard InChI is InChI=1S/C9H10F3NO2/c1-5-3-6(4-13-8(5)15-2)7(14)9(10,11)12/h3-4,7,14H,1-2H3/t7-/m1/s1. The third-order valence-corrected chi connectivity index (χ3v) is 1.87. The highest BCUT2D eigenvalue weighted by Crippen LogP contribution is 2.33. The highest BCUT2D eigenvalue weighted by molar-refractivity contribution is 5.30. The van der Waals surface area contributed by atoms with Gasteiger partial charge in [-0.25, -0.2) is 4.98 Å². The van der Waals surface area contributed by atoms with Crippen molar-refractivity contribution in [3.63, 3.8) is 0 Å². The lowest BCUT2D eigenvalue weighted by Gasteiger charge is -2.15. The normalized spacial score (nSPS) is 13.7. The summed E-state index contributed by atoms with van der Waals surface area (Å²) in [4.78, 5) is 3.65. The fourth-order valence-electron chi connectivity index (χ4n) is 1.14. The first kappa shape index (κ1) is 11.8. The van der Waals surface area contributed by atoms with Crippen molar-refractivity contribution in [2.75, 3.05) is 7.11 Å². The molecule has 3 nitrogen and oxygen atoms in total. The Bertz CT molecular complexity index is 352. The van der Waals surface area contributed by atoms with Crippen molar-refractivity contribution in [2.45, 2.75) is 19.2 Å². The highest BCUT2D eigenvalue weighted by Gasteiger charge is 2.39. The topological polar surface area (TPSA) is 42.4 Å². The first-order chi connectivity index (χ1) is 6.86. The van der Waals surface area contributed by atoms with E-state index in [0.717, 1.165) is 6.20 Å². The number of aliphatic hydroxyl groups is 1. The van der Waals surface area contributed by atoms with E-state index in [4.69, 9.17) is 9.84 Å². The Kier molecular flexibility index (Phi) is 3.18. The molecular formula is C9H10F3NO2. The lowest BCUT2D eigenvalue weighted by Crippen LogP contribution is -2.20. The van der Waals surface area contributed by atoms with Gasteiger partial charge in [0, 0.05) is 17.3 Å². The van der Waals surface area contributed by atoms with E-state index < -0.39 is 12.3 Å². The summed E-state index contributed by atoms with van der Waals surface area (Å²) in [6.45, 7) is 1.55. The van der Waals surface area contributed by atoms with Crippen LogP contribution < -0.4 is 4.74 Å². The van der Waals surface area contributed by atoms with E-state index in [-0.39, 0.29) is 11.4 Å². The van der Waals surface area contributed by atoms with Crippen molar-refractivity contribution in [2.24, 2.45) is 0 Å². The summed E-state index contributed by atoms with van der Waals surface area (Å²) < 4.78 is 41.2. The molecule has 0 aliphatic rings. The average Bonchev–Trinajstić information content (AvgIpc) is 2.15. The second kappa shape index (κ2) is 4.06. The van der Waals surface area contributed by atoms with Crippen LogP contribution in [0.15, 0.2) is 12.3 Å². The zero-order valence-corrected chi connectivity index (χ0v) is 8.17. The Labute approximate surface area is 84.5 Å². The van der Waals surface area contributed by atoms with E-state index in [1.165, 1.54) is 13.2 Å². The number of ether oxygens (including phenoxy) is 1. The van der Waals surface area contributed by atoms with E-state index >= 15 is 0 Å². The zero-order chi connectivity index (χ0) is 11.6. The summed E-state index contributed by atoms with van der Waals surface area (Å²) >= 11 is 0. The lowest BCUT2D eigenvalue weighted by atomic mass is 10.1. The summed E-state index contributed by atoms with van der Waals surface area (Å²) in [5.41, 5.74) is 0.152. The molecule has 1 rings (SSSR count). The fourth-order valence-corrected chi connectivity index (χ4v) is 1.14. The van der Waals surface area contributed by atoms with Crippen LogP contribution in [0, 0.1) is 6.92 Å². The number of alkyl halides is 3. The maximum absolute atomic E-state index is 12.1. The molecule has 0 aliphatic carbocycles. The molecule has 0 fully saturated rings. The summed E-state index contributed by atoms with van der Waals surface area (Å²) in [6.07, 6.45) is -6.23. The van der Waals surface area contributed by atoms with E-state index in [2.05, 4.69) is 4.98 Å². The number of aryl methyl sites for hydroxylation is 1. The van der Waals surface area contributed by atoms with Gasteiger partial charge in [-0.2, -0.15) is 13.2 Å². The van der Waals surface area contributed by atoms with E-state index in [9.17, 15) is 13.2 Å². The summed E-state index contributed by atoms with van der Waals surface area (Å²) in [7, 11) is 1.37. The number of halogens is 3. The molecule has 0 saturated carbocycles. The average molecular weight is 221 g/mol. The van der Waals surface area contributed by atoms with E-state index in [0.29, 0.717) is 5.56 Å². The van der Waals surface area contributed by atoms with Crippen LogP contribution in [0.25, 0.3) is 0 Å². The van der Waals surface area contributed by atoms with Crippen LogP contribution in [-0.2, 0) is 0 Å². The SMILES string of the molecule is COc1ncc([C@@H](O)C(F)(F)F)cc1C. The molecule has 15 heavy (non-hydrogen) atoms. The number of methoxy groups -OCH3 is 1. The minimum Gasteiger partial charge on any atom is -0.481 e. The van der Waals surface area contributed by atoms with Crippen LogP contribution in [0.4, 0.5) is 13.2 Å². The van der Waals surface area contributed by atoms with Crippen molar-refractivity contribution >= 4 is 0 Å². The Hall–Kier alpha value is -1.30. The van der Waals surface area contributed by atoms with Crippen molar-refractivity contribution in [1.82, 2.24) is 4.98 Å². The monoisotopic (exact) mass is 221 g/mol. The molecule has 1 N–H and O–H groups in total. The van der Waals surface area contributed by atoms with Gasteiger partial charge >= 0.3 is 6.18 Å². The van der Waals surface area contributed by atoms with Gasteiger partial charge in [-0.3, -0.25) is 0 Å². The molecule has 1 atom stereocenters. The number of aliphatic hydroxyl groups excluding tert-OH is 1. The van der Waals surface area contributed by atoms with Gasteiger partial charge in [-0.1, -0.05) is 0 Å². The van der Waals surface area contributed by atoms with E-state index in [1.54, 1.807) is 6.92 Å². The van der Waals surface area contributed by atoms with Crippen molar-refractivity contribution in [3.05, 3.63) is 23.4 Å². The molecule has 1 aromatic rings. The quantitative estimate of drug-likeness (QED) is 0.830. The molecule has 1 heterocycles. The predicted molar refractivity (Wildman–Crippen MR) is 46.5 cm³/mol. The molecule has 0 bridgehead atoms. The van der Waals surface area contributed by atoms with Gasteiger partial charge in [0.1, 0.15) is 0 Å². The maximum Gasteiger partial charge on any atom is 0.418 e. The molecule has 6 heteroatoms. The third-order valence-electron chi connectivity index (χ3n) is 1.87. The van der Waals surface area contributed by atoms with Crippen LogP contribution >= 0.6 is 0 Å². The summed E-state index contributed by atoms with van der Waals surface area (Å²) in [5.74, 6) is 0.244. The summed E-state index contributed by atoms with van der Waals surface area (Å²) in [5, 5.41) is 8.94. The molecule has 0 unspecified atom stereocenters. The number of aromatic nitrogens is 1. The Morgan fingerprint density at radius 2 is 2.07 bits per heavy atom. The van der Waals surface area contributed by atoms with Crippen LogP contribution in [0.2, 0.25) is 0 Å². The molecule has 0 saturated heterocycles. The molecule has 0 amide bonds. The Morgan fingerprint density at radius 1 is 1.47 bits per heavy atom. The number of pyridine rings is 1. The van der Waals surface area contributed by atoms with E-state index in [1.807, 2.05) is 0 Å². The van der Waals surface area contributed by atoms with Gasteiger partial charge in [-0.05, 0) is 13.0 Å². The van der Waals surface area contributed by atoms with Gasteiger partial charge in [0.2, 0.25) is 5.88 Å². The van der Waals surface area contributed by atoms with Gasteiger partial charge in [0.15, 0.2) is 6.10 Å². The smallest absolute Gasteiger partial charge is 0.418 e. The second-order valence-corrected chi connectivity index (χ2v) is 3.04. The van der Waals surface area contributed by atoms with Crippen LogP contribution in [0.3, 0.4) is 0 Å². The van der Waals surface area contributed by atoms with Gasteiger partial charge in [0.25, 0.3) is 0 Å². The van der Waals surface area contributed by atoms with Crippen LogP contribution in [0.1, 0.15) is 17.2 Å². The lowest BCUT2D eigenvalue weighted by molar-refractivity contribution is -0.206. The predicted octanol–water partition coefficient (Wildman–Crippen LogP) is 1.99. The number of hydrogen-bond donors (Lipinski definition) is 1. The molecule has 0 aromatic carbocycles. The van der Waals surface area contributed by atoms with Gasteiger partial charge in [0.05, 0.1) is 7.11 Å². The van der Waals surface area contributed by atoms with Crippen LogP contribution in [0.5, 0.6) is 5.88 Å². The minimum atomic E-state index is -4.68. The number of hydrogen-bond acceptors (Lipinski definition) is 3. The first-order valence-electron chi connectivity index (χ1n) is 4.11. The molecule has 0 aliphatic heterocycles. The van der Waals surface area contributed by atoms with Gasteiger partial charge < -0.3 is 9.84 Å². The largest absolute Gasteiger partial charge is 0.481 e. The van der Waals surface area contributed by atoms with Crippen molar-refractivity contribution in [1.29, 1.82) is 0 Å². The molecular weight excluding hydrogens is 211 g/mol. The highest BCUT2D eigenvalue weighted by atomic mass is 19.4. The number of rotatable bonds is 2. The van der Waals surface area contributed by atoms with Crippen LogP contribution in [-0.4, -0.2) is 23.4 Å². The first-order valence-corrected chi connectivity index (χ1v) is 4.11. The molecule has 1 aromatic heterocycles. The second-order valence-electron chi connectivity index (χ2n) is 3.04. The molecule has 84 valence electrons. The Balaban J connectivity index is 3.02. The zero-order valence-electron chi connectivity index (χ0n) is 8.17. The van der Waals surface area contributed by atoms with Crippen molar-refractivity contribution in [3.8, 4) is 5.88 Å². The van der Waals surface area contributed by atoms with Gasteiger partial charge in [-0.15, -0.1) is 0 Å².